The summed E-state index contributed by atoms with van der Waals surface area (Å²) in [6.07, 6.45) is 1.56. The normalized spacial score (nSPS) is 11.0. The molecule has 0 spiro atoms. The smallest absolute Gasteiger partial charge is 0.445 e. The van der Waals surface area contributed by atoms with Crippen LogP contribution in [0.4, 0.5) is 12.9 Å². The van der Waals surface area contributed by atoms with E-state index in [0.717, 1.165) is 16.9 Å². The monoisotopic (exact) mass is 264 g/mol. The number of fused-ring (bicyclic) bond motifs is 1. The van der Waals surface area contributed by atoms with E-state index in [2.05, 4.69) is 10.1 Å². The number of halogens is 3. The van der Waals surface area contributed by atoms with Gasteiger partial charge in [-0.1, -0.05) is 5.46 Å². The molecule has 0 aliphatic heterocycles. The summed E-state index contributed by atoms with van der Waals surface area (Å²) in [4.78, 5) is 3.61. The second-order valence-corrected chi connectivity index (χ2v) is 3.30. The maximum atomic E-state index is 12.4. The molecule has 2 rings (SSSR count). The van der Waals surface area contributed by atoms with Crippen LogP contribution in [0.15, 0.2) is 12.4 Å². The number of aryl methyl sites for hydroxylation is 1. The summed E-state index contributed by atoms with van der Waals surface area (Å²) >= 11 is 0. The molecule has 2 aromatic heterocycles. The molecule has 0 saturated heterocycles. The fourth-order valence-corrected chi connectivity index (χ4v) is 1.36. The van der Waals surface area contributed by atoms with Gasteiger partial charge in [0, 0.05) is 12.4 Å². The number of hydrogen-bond acceptors (Lipinski definition) is 3. The number of rotatable bonds is 1. The van der Waals surface area contributed by atoms with Gasteiger partial charge in [-0.3, -0.25) is 0 Å². The Balaban J connectivity index is 0.00000144. The SMILES string of the molecule is Cc1nn2cc([B-](F)(F)F)cnc2c1C#N.[K+]. The Kier molecular flexibility index (Phi) is 4.38. The maximum Gasteiger partial charge on any atom is 1.00 e. The van der Waals surface area contributed by atoms with E-state index in [9.17, 15) is 12.9 Å². The van der Waals surface area contributed by atoms with Crippen molar-refractivity contribution in [1.82, 2.24) is 14.6 Å². The van der Waals surface area contributed by atoms with Crippen LogP contribution in [0.2, 0.25) is 0 Å². The Hall–Kier alpha value is -0.399. The predicted octanol–water partition coefficient (Wildman–Crippen LogP) is -2.03. The van der Waals surface area contributed by atoms with Gasteiger partial charge in [-0.2, -0.15) is 10.4 Å². The second-order valence-electron chi connectivity index (χ2n) is 3.30. The quantitative estimate of drug-likeness (QED) is 0.558. The molecule has 2 aromatic rings. The summed E-state index contributed by atoms with van der Waals surface area (Å²) in [6, 6.07) is 1.85. The van der Waals surface area contributed by atoms with Crippen LogP contribution < -0.4 is 56.8 Å². The Labute approximate surface area is 137 Å². The van der Waals surface area contributed by atoms with Gasteiger partial charge in [-0.15, -0.1) is 0 Å². The number of nitrogens with zero attached hydrogens (tertiary/aromatic N) is 4. The van der Waals surface area contributed by atoms with Crippen LogP contribution in [0.5, 0.6) is 0 Å². The molecule has 82 valence electrons. The molecule has 17 heavy (non-hydrogen) atoms. The van der Waals surface area contributed by atoms with Gasteiger partial charge in [0.15, 0.2) is 5.65 Å². The molecule has 0 amide bonds. The third-order valence-electron chi connectivity index (χ3n) is 2.16. The predicted molar refractivity (Wildman–Crippen MR) is 51.2 cm³/mol. The van der Waals surface area contributed by atoms with Crippen LogP contribution >= 0.6 is 0 Å². The summed E-state index contributed by atoms with van der Waals surface area (Å²) in [5, 5.41) is 12.6. The van der Waals surface area contributed by atoms with Crippen LogP contribution in [0, 0.1) is 18.3 Å². The van der Waals surface area contributed by atoms with Crippen molar-refractivity contribution in [3.05, 3.63) is 23.7 Å². The van der Waals surface area contributed by atoms with E-state index in [-0.39, 0.29) is 62.6 Å². The Morgan fingerprint density at radius 2 is 2.06 bits per heavy atom. The van der Waals surface area contributed by atoms with E-state index in [1.807, 2.05) is 6.07 Å². The van der Waals surface area contributed by atoms with Gasteiger partial charge >= 0.3 is 58.4 Å². The molecule has 0 aliphatic carbocycles. The van der Waals surface area contributed by atoms with E-state index in [0.29, 0.717) is 5.69 Å². The molecule has 4 nitrogen and oxygen atoms in total. The first-order chi connectivity index (χ1) is 7.43. The zero-order valence-electron chi connectivity index (χ0n) is 9.15. The van der Waals surface area contributed by atoms with Crippen molar-refractivity contribution >= 4 is 18.1 Å². The van der Waals surface area contributed by atoms with E-state index in [4.69, 9.17) is 5.26 Å². The fourth-order valence-electron chi connectivity index (χ4n) is 1.36. The summed E-state index contributed by atoms with van der Waals surface area (Å²) in [7, 11) is 0. The molecule has 0 atom stereocenters. The van der Waals surface area contributed by atoms with Gasteiger partial charge in [0.1, 0.15) is 11.6 Å². The first-order valence-electron chi connectivity index (χ1n) is 4.38. The number of hydrogen-bond donors (Lipinski definition) is 0. The Morgan fingerprint density at radius 3 is 2.59 bits per heavy atom. The molecule has 0 fully saturated rings. The Bertz CT molecular complexity index is 601. The van der Waals surface area contributed by atoms with Crippen molar-refractivity contribution in [2.24, 2.45) is 0 Å². The molecule has 0 bridgehead atoms. The van der Waals surface area contributed by atoms with Crippen LogP contribution in [-0.2, 0) is 0 Å². The summed E-state index contributed by atoms with van der Waals surface area (Å²) in [6.45, 7) is -3.55. The van der Waals surface area contributed by atoms with Gasteiger partial charge in [-0.25, -0.2) is 9.50 Å². The summed E-state index contributed by atoms with van der Waals surface area (Å²) in [5.41, 5.74) is -0.133. The largest absolute Gasteiger partial charge is 1.00 e. The molecule has 0 N–H and O–H groups in total. The van der Waals surface area contributed by atoms with E-state index in [1.54, 1.807) is 6.92 Å². The zero-order valence-corrected chi connectivity index (χ0v) is 12.3. The van der Waals surface area contributed by atoms with Crippen LogP contribution in [-0.4, -0.2) is 21.6 Å². The van der Waals surface area contributed by atoms with Crippen molar-refractivity contribution in [3.8, 4) is 6.07 Å². The average Bonchev–Trinajstić information content (AvgIpc) is 2.50. The molecule has 0 aliphatic rings. The van der Waals surface area contributed by atoms with E-state index >= 15 is 0 Å². The Morgan fingerprint density at radius 1 is 1.41 bits per heavy atom. The number of aromatic nitrogens is 3. The molecular weight excluding hydrogens is 259 g/mol. The van der Waals surface area contributed by atoms with Crippen molar-refractivity contribution in [3.63, 3.8) is 0 Å². The molecule has 2 heterocycles. The maximum absolute atomic E-state index is 12.4. The molecule has 0 unspecified atom stereocenters. The van der Waals surface area contributed by atoms with Gasteiger partial charge in [0.25, 0.3) is 0 Å². The van der Waals surface area contributed by atoms with Gasteiger partial charge in [0.2, 0.25) is 0 Å². The minimum absolute atomic E-state index is 0. The summed E-state index contributed by atoms with van der Waals surface area (Å²) < 4.78 is 38.2. The van der Waals surface area contributed by atoms with Gasteiger partial charge in [-0.05, 0) is 6.92 Å². The van der Waals surface area contributed by atoms with Crippen molar-refractivity contribution < 1.29 is 64.3 Å². The topological polar surface area (TPSA) is 54.0 Å². The van der Waals surface area contributed by atoms with Crippen molar-refractivity contribution in [2.45, 2.75) is 6.92 Å². The minimum Gasteiger partial charge on any atom is -0.445 e. The molecule has 0 saturated carbocycles. The third-order valence-corrected chi connectivity index (χ3v) is 2.16. The van der Waals surface area contributed by atoms with Crippen LogP contribution in [0.1, 0.15) is 11.3 Å². The second kappa shape index (κ2) is 5.07. The summed E-state index contributed by atoms with van der Waals surface area (Å²) in [5.74, 6) is 0. The zero-order chi connectivity index (χ0) is 11.9. The molecule has 9 heteroatoms. The van der Waals surface area contributed by atoms with E-state index < -0.39 is 12.4 Å². The van der Waals surface area contributed by atoms with Crippen molar-refractivity contribution in [1.29, 1.82) is 5.26 Å². The van der Waals surface area contributed by atoms with Gasteiger partial charge in [0.05, 0.1) is 5.69 Å². The standard InChI is InChI=1S/C8H5BF3N4.K/c1-5-7(2-13)8-14-3-6(9(10,11)12)4-16(8)15-5;/h3-4H,1H3;/q-1;+1. The molecule has 0 aromatic carbocycles. The fraction of sp³-hybridized carbons (Fsp3) is 0.125. The van der Waals surface area contributed by atoms with Gasteiger partial charge < -0.3 is 12.9 Å². The first kappa shape index (κ1) is 14.7. The number of nitriles is 1. The van der Waals surface area contributed by atoms with Crippen LogP contribution in [0.3, 0.4) is 0 Å². The average molecular weight is 264 g/mol. The first-order valence-corrected chi connectivity index (χ1v) is 4.38. The molecule has 0 radical (unpaired) electrons. The van der Waals surface area contributed by atoms with Crippen LogP contribution in [0.25, 0.3) is 5.65 Å². The third kappa shape index (κ3) is 2.72. The van der Waals surface area contributed by atoms with Crippen molar-refractivity contribution in [2.75, 3.05) is 0 Å². The minimum atomic E-state index is -5.10. The molecular formula is C8H5BF3KN4. The van der Waals surface area contributed by atoms with E-state index in [1.165, 1.54) is 0 Å².